The summed E-state index contributed by atoms with van der Waals surface area (Å²) in [5, 5.41) is 54.4. The number of aliphatic hydroxyl groups is 3. The third-order valence-corrected chi connectivity index (χ3v) is 6.48. The highest BCUT2D eigenvalue weighted by atomic mass is 16.7. The molecule has 1 aromatic heterocycles. The molecule has 13 nitrogen and oxygen atoms in total. The van der Waals surface area contributed by atoms with Gasteiger partial charge in [-0.3, -0.25) is 9.59 Å². The second kappa shape index (κ2) is 11.5. The maximum atomic E-state index is 12.9. The summed E-state index contributed by atoms with van der Waals surface area (Å²) in [6.07, 6.45) is -9.50. The number of aliphatic hydroxyl groups excluding tert-OH is 3. The van der Waals surface area contributed by atoms with E-state index in [-0.39, 0.29) is 16.7 Å². The molecule has 13 heteroatoms. The van der Waals surface area contributed by atoms with Gasteiger partial charge in [-0.25, -0.2) is 4.79 Å². The Labute approximate surface area is 227 Å². The summed E-state index contributed by atoms with van der Waals surface area (Å²) >= 11 is 0. The number of fused-ring (bicyclic) bond motifs is 1. The third-order valence-electron chi connectivity index (χ3n) is 6.48. The van der Waals surface area contributed by atoms with Crippen LogP contribution in [0.2, 0.25) is 0 Å². The molecule has 6 N–H and O–H groups in total. The highest BCUT2D eigenvalue weighted by Gasteiger charge is 2.49. The lowest BCUT2D eigenvalue weighted by Crippen LogP contribution is -2.64. The summed E-state index contributed by atoms with van der Waals surface area (Å²) in [5.41, 5.74) is -0.288. The average molecular weight is 560 g/mol. The molecule has 2 aromatic carbocycles. The molecule has 0 aliphatic carbocycles. The van der Waals surface area contributed by atoms with Gasteiger partial charge in [-0.1, -0.05) is 44.2 Å². The first-order chi connectivity index (χ1) is 18.9. The second-order valence-corrected chi connectivity index (χ2v) is 9.55. The standard InChI is InChI=1S/C27H29NO12/c1-11(2)18(26(36)37-3)28-25(35)24-22(33)21(32)23(34)27(40-24)39-16-10-15-17(20(31)19(16)30)13(29)9-14(38-15)12-7-5-4-6-8-12/h4-11,18,21-24,27,30-34H,1-3H3,(H,28,35)/t18-,21+,22-,23-,24+,27+/m0/s1. The summed E-state index contributed by atoms with van der Waals surface area (Å²) in [4.78, 5) is 37.7. The van der Waals surface area contributed by atoms with Crippen LogP contribution in [0.25, 0.3) is 22.3 Å². The first-order valence-electron chi connectivity index (χ1n) is 12.3. The molecule has 1 aliphatic heterocycles. The number of rotatable bonds is 7. The molecule has 214 valence electrons. The normalized spacial score (nSPS) is 23.5. The molecule has 2 heterocycles. The van der Waals surface area contributed by atoms with Crippen molar-refractivity contribution < 1.29 is 53.7 Å². The molecule has 1 aliphatic rings. The van der Waals surface area contributed by atoms with Gasteiger partial charge < -0.3 is 49.5 Å². The van der Waals surface area contributed by atoms with Gasteiger partial charge >= 0.3 is 5.97 Å². The van der Waals surface area contributed by atoms with Crippen molar-refractivity contribution in [3.63, 3.8) is 0 Å². The summed E-state index contributed by atoms with van der Waals surface area (Å²) in [7, 11) is 1.14. The molecular weight excluding hydrogens is 530 g/mol. The molecular formula is C27H29NO12. The summed E-state index contributed by atoms with van der Waals surface area (Å²) < 4.78 is 21.4. The molecule has 3 aromatic rings. The average Bonchev–Trinajstić information content (AvgIpc) is 2.93. The van der Waals surface area contributed by atoms with E-state index in [0.717, 1.165) is 19.2 Å². The number of ether oxygens (including phenoxy) is 3. The number of hydrogen-bond donors (Lipinski definition) is 6. The smallest absolute Gasteiger partial charge is 0.328 e. The van der Waals surface area contributed by atoms with Crippen molar-refractivity contribution in [3.8, 4) is 28.6 Å². The van der Waals surface area contributed by atoms with Crippen LogP contribution in [0.3, 0.4) is 0 Å². The Bertz CT molecular complexity index is 1450. The Hall–Kier alpha value is -4.17. The largest absolute Gasteiger partial charge is 0.504 e. The van der Waals surface area contributed by atoms with Gasteiger partial charge in [0.2, 0.25) is 12.0 Å². The first kappa shape index (κ1) is 28.8. The Morgan fingerprint density at radius 3 is 2.27 bits per heavy atom. The van der Waals surface area contributed by atoms with E-state index in [9.17, 15) is 39.9 Å². The van der Waals surface area contributed by atoms with Crippen LogP contribution in [0, 0.1) is 5.92 Å². The molecule has 1 saturated heterocycles. The van der Waals surface area contributed by atoms with Crippen molar-refractivity contribution >= 4 is 22.8 Å². The Morgan fingerprint density at radius 2 is 1.65 bits per heavy atom. The number of phenolic OH excluding ortho intramolecular Hbond substituents is 2. The lowest BCUT2D eigenvalue weighted by Gasteiger charge is -2.39. The molecule has 0 saturated carbocycles. The SMILES string of the molecule is COC(=O)[C@@H](NC(=O)[C@@H]1O[C@@H](Oc2cc3oc(-c4ccccc4)cc(=O)c3c(O)c2O)[C@@H](O)[C@H](O)[C@@H]1O)C(C)C. The number of methoxy groups -OCH3 is 1. The van der Waals surface area contributed by atoms with Gasteiger partial charge in [-0.15, -0.1) is 0 Å². The molecule has 0 radical (unpaired) electrons. The second-order valence-electron chi connectivity index (χ2n) is 9.55. The van der Waals surface area contributed by atoms with Crippen molar-refractivity contribution in [2.24, 2.45) is 5.92 Å². The van der Waals surface area contributed by atoms with Crippen molar-refractivity contribution in [1.29, 1.82) is 0 Å². The molecule has 1 amide bonds. The number of esters is 1. The summed E-state index contributed by atoms with van der Waals surface area (Å²) in [6.45, 7) is 3.28. The van der Waals surface area contributed by atoms with Crippen LogP contribution in [-0.4, -0.2) is 81.3 Å². The van der Waals surface area contributed by atoms with Gasteiger partial charge in [0.1, 0.15) is 41.1 Å². The van der Waals surface area contributed by atoms with E-state index >= 15 is 0 Å². The predicted octanol–water partition coefficient (Wildman–Crippen LogP) is 0.371. The minimum Gasteiger partial charge on any atom is -0.504 e. The van der Waals surface area contributed by atoms with Gasteiger partial charge in [0.05, 0.1) is 7.11 Å². The fourth-order valence-electron chi connectivity index (χ4n) is 4.25. The maximum absolute atomic E-state index is 12.9. The number of aromatic hydroxyl groups is 2. The lowest BCUT2D eigenvalue weighted by atomic mass is 9.97. The number of phenols is 2. The number of amides is 1. The third kappa shape index (κ3) is 5.45. The Balaban J connectivity index is 1.66. The van der Waals surface area contributed by atoms with Crippen LogP contribution in [-0.2, 0) is 19.1 Å². The molecule has 4 rings (SSSR count). The first-order valence-corrected chi connectivity index (χ1v) is 12.3. The summed E-state index contributed by atoms with van der Waals surface area (Å²) in [6, 6.07) is 9.70. The van der Waals surface area contributed by atoms with Crippen LogP contribution in [0.4, 0.5) is 0 Å². The van der Waals surface area contributed by atoms with E-state index in [0.29, 0.717) is 5.56 Å². The molecule has 0 bridgehead atoms. The Morgan fingerprint density at radius 1 is 0.975 bits per heavy atom. The van der Waals surface area contributed by atoms with Crippen LogP contribution < -0.4 is 15.5 Å². The fraction of sp³-hybridized carbons (Fsp3) is 0.370. The quantitative estimate of drug-likeness (QED) is 0.172. The van der Waals surface area contributed by atoms with Crippen molar-refractivity contribution in [2.45, 2.75) is 50.6 Å². The van der Waals surface area contributed by atoms with Gasteiger partial charge in [0, 0.05) is 17.7 Å². The number of carbonyl (C=O) groups is 2. The minimum absolute atomic E-state index is 0.156. The number of carbonyl (C=O) groups excluding carboxylic acids is 2. The number of hydrogen-bond acceptors (Lipinski definition) is 12. The maximum Gasteiger partial charge on any atom is 0.328 e. The van der Waals surface area contributed by atoms with Crippen molar-refractivity contribution in [3.05, 3.63) is 52.7 Å². The van der Waals surface area contributed by atoms with Crippen molar-refractivity contribution in [2.75, 3.05) is 7.11 Å². The van der Waals surface area contributed by atoms with E-state index in [1.165, 1.54) is 0 Å². The van der Waals surface area contributed by atoms with E-state index in [1.807, 2.05) is 0 Å². The fourth-order valence-corrected chi connectivity index (χ4v) is 4.25. The highest BCUT2D eigenvalue weighted by molar-refractivity contribution is 5.89. The predicted molar refractivity (Wildman–Crippen MR) is 137 cm³/mol. The van der Waals surface area contributed by atoms with E-state index in [1.54, 1.807) is 44.2 Å². The summed E-state index contributed by atoms with van der Waals surface area (Å²) in [5.74, 6) is -4.33. The van der Waals surface area contributed by atoms with E-state index in [4.69, 9.17) is 13.9 Å². The zero-order chi connectivity index (χ0) is 29.3. The van der Waals surface area contributed by atoms with Gasteiger partial charge in [-0.05, 0) is 5.92 Å². The molecule has 40 heavy (non-hydrogen) atoms. The number of benzene rings is 2. The Kier molecular flexibility index (Phi) is 8.30. The van der Waals surface area contributed by atoms with E-state index < -0.39 is 77.2 Å². The van der Waals surface area contributed by atoms with Crippen LogP contribution >= 0.6 is 0 Å². The molecule has 0 spiro atoms. The van der Waals surface area contributed by atoms with E-state index in [2.05, 4.69) is 10.1 Å². The van der Waals surface area contributed by atoms with Crippen molar-refractivity contribution in [1.82, 2.24) is 5.32 Å². The minimum atomic E-state index is -1.95. The van der Waals surface area contributed by atoms with Crippen LogP contribution in [0.1, 0.15) is 13.8 Å². The lowest BCUT2D eigenvalue weighted by molar-refractivity contribution is -0.267. The van der Waals surface area contributed by atoms with Gasteiger partial charge in [0.25, 0.3) is 5.91 Å². The monoisotopic (exact) mass is 559 g/mol. The highest BCUT2D eigenvalue weighted by Crippen LogP contribution is 2.42. The number of nitrogens with one attached hydrogen (secondary N) is 1. The zero-order valence-electron chi connectivity index (χ0n) is 21.7. The van der Waals surface area contributed by atoms with Crippen LogP contribution in [0.15, 0.2) is 51.7 Å². The molecule has 1 fully saturated rings. The molecule has 6 atom stereocenters. The molecule has 0 unspecified atom stereocenters. The zero-order valence-corrected chi connectivity index (χ0v) is 21.7. The van der Waals surface area contributed by atoms with Gasteiger partial charge in [-0.2, -0.15) is 0 Å². The topological polar surface area (TPSA) is 205 Å². The van der Waals surface area contributed by atoms with Crippen LogP contribution in [0.5, 0.6) is 17.2 Å². The van der Waals surface area contributed by atoms with Gasteiger partial charge in [0.15, 0.2) is 23.0 Å².